The smallest absolute Gasteiger partial charge is 0.254 e. The first kappa shape index (κ1) is 19.9. The van der Waals surface area contributed by atoms with Crippen LogP contribution in [0.5, 0.6) is 0 Å². The number of nitrogens with zero attached hydrogens (tertiary/aromatic N) is 1. The summed E-state index contributed by atoms with van der Waals surface area (Å²) < 4.78 is 0. The van der Waals surface area contributed by atoms with E-state index in [1.165, 1.54) is 22.9 Å². The second-order valence-corrected chi connectivity index (χ2v) is 7.89. The SMILES string of the molecule is Cc1cc(C)c(CNC(=O)c2cccnc2Sc2ccc(C)c(C)c2)c(=O)[nH]1. The normalized spacial score (nSPS) is 10.7. The van der Waals surface area contributed by atoms with Gasteiger partial charge < -0.3 is 10.3 Å². The highest BCUT2D eigenvalue weighted by molar-refractivity contribution is 7.99. The van der Waals surface area contributed by atoms with Gasteiger partial charge in [0.2, 0.25) is 0 Å². The topological polar surface area (TPSA) is 74.8 Å². The van der Waals surface area contributed by atoms with E-state index in [0.717, 1.165) is 16.2 Å². The first-order chi connectivity index (χ1) is 13.3. The van der Waals surface area contributed by atoms with Gasteiger partial charge in [0.25, 0.3) is 11.5 Å². The van der Waals surface area contributed by atoms with E-state index >= 15 is 0 Å². The van der Waals surface area contributed by atoms with Crippen molar-refractivity contribution in [1.82, 2.24) is 15.3 Å². The van der Waals surface area contributed by atoms with Gasteiger partial charge in [-0.2, -0.15) is 0 Å². The highest BCUT2D eigenvalue weighted by atomic mass is 32.2. The predicted octanol–water partition coefficient (Wildman–Crippen LogP) is 4.08. The Hall–Kier alpha value is -2.86. The van der Waals surface area contributed by atoms with Crippen LogP contribution in [0.15, 0.2) is 57.3 Å². The lowest BCUT2D eigenvalue weighted by molar-refractivity contribution is 0.0947. The second-order valence-electron chi connectivity index (χ2n) is 6.83. The number of aromatic nitrogens is 2. The summed E-state index contributed by atoms with van der Waals surface area (Å²) in [7, 11) is 0. The van der Waals surface area contributed by atoms with E-state index in [1.54, 1.807) is 18.3 Å². The molecule has 0 atom stereocenters. The quantitative estimate of drug-likeness (QED) is 0.685. The summed E-state index contributed by atoms with van der Waals surface area (Å²) in [5.41, 5.74) is 4.96. The maximum Gasteiger partial charge on any atom is 0.254 e. The Bertz CT molecular complexity index is 1090. The molecule has 6 heteroatoms. The molecule has 0 bridgehead atoms. The minimum atomic E-state index is -0.251. The molecule has 1 amide bonds. The van der Waals surface area contributed by atoms with Crippen LogP contribution >= 0.6 is 11.8 Å². The average Bonchev–Trinajstić information content (AvgIpc) is 2.64. The minimum absolute atomic E-state index is 0.170. The molecule has 3 aromatic rings. The van der Waals surface area contributed by atoms with Crippen molar-refractivity contribution in [2.24, 2.45) is 0 Å². The number of carbonyl (C=O) groups is 1. The Morgan fingerprint density at radius 2 is 1.86 bits per heavy atom. The van der Waals surface area contributed by atoms with E-state index in [9.17, 15) is 9.59 Å². The van der Waals surface area contributed by atoms with Crippen molar-refractivity contribution < 1.29 is 4.79 Å². The summed E-state index contributed by atoms with van der Waals surface area (Å²) in [5, 5.41) is 3.49. The van der Waals surface area contributed by atoms with Crippen LogP contribution in [-0.4, -0.2) is 15.9 Å². The first-order valence-corrected chi connectivity index (χ1v) is 9.84. The molecule has 0 saturated carbocycles. The monoisotopic (exact) mass is 393 g/mol. The second kappa shape index (κ2) is 8.44. The zero-order valence-electron chi connectivity index (χ0n) is 16.4. The number of nitrogens with one attached hydrogen (secondary N) is 2. The molecular formula is C22H23N3O2S. The van der Waals surface area contributed by atoms with Gasteiger partial charge in [0.15, 0.2) is 0 Å². The molecule has 0 unspecified atom stereocenters. The van der Waals surface area contributed by atoms with Crippen LogP contribution in [0.25, 0.3) is 0 Å². The number of rotatable bonds is 5. The Morgan fingerprint density at radius 3 is 2.57 bits per heavy atom. The van der Waals surface area contributed by atoms with Gasteiger partial charge in [-0.3, -0.25) is 9.59 Å². The summed E-state index contributed by atoms with van der Waals surface area (Å²) in [6.07, 6.45) is 1.68. The van der Waals surface area contributed by atoms with Crippen LogP contribution in [-0.2, 0) is 6.54 Å². The fourth-order valence-corrected chi connectivity index (χ4v) is 3.88. The lowest BCUT2D eigenvalue weighted by atomic mass is 10.1. The van der Waals surface area contributed by atoms with Crippen molar-refractivity contribution in [3.8, 4) is 0 Å². The fraction of sp³-hybridized carbons (Fsp3) is 0.227. The molecule has 144 valence electrons. The molecule has 1 aromatic carbocycles. The minimum Gasteiger partial charge on any atom is -0.348 e. The number of aromatic amines is 1. The largest absolute Gasteiger partial charge is 0.348 e. The van der Waals surface area contributed by atoms with Gasteiger partial charge in [0.05, 0.1) is 5.56 Å². The summed E-state index contributed by atoms with van der Waals surface area (Å²) in [6, 6.07) is 11.6. The van der Waals surface area contributed by atoms with Crippen molar-refractivity contribution in [3.05, 3.63) is 86.5 Å². The Kier molecular flexibility index (Phi) is 5.99. The Labute approximate surface area is 168 Å². The predicted molar refractivity (Wildman–Crippen MR) is 112 cm³/mol. The molecule has 0 aliphatic rings. The summed E-state index contributed by atoms with van der Waals surface area (Å²) in [4.78, 5) is 33.1. The molecule has 0 radical (unpaired) electrons. The number of carbonyl (C=O) groups excluding carboxylic acids is 1. The maximum absolute atomic E-state index is 12.8. The van der Waals surface area contributed by atoms with E-state index in [1.807, 2.05) is 26.0 Å². The van der Waals surface area contributed by atoms with Crippen LogP contribution in [0, 0.1) is 27.7 Å². The molecule has 3 rings (SSSR count). The van der Waals surface area contributed by atoms with E-state index in [2.05, 4.69) is 41.3 Å². The van der Waals surface area contributed by atoms with Gasteiger partial charge in [-0.15, -0.1) is 0 Å². The molecule has 28 heavy (non-hydrogen) atoms. The molecule has 0 aliphatic heterocycles. The number of benzene rings is 1. The van der Waals surface area contributed by atoms with Crippen molar-refractivity contribution in [2.75, 3.05) is 0 Å². The number of amides is 1. The van der Waals surface area contributed by atoms with E-state index in [0.29, 0.717) is 16.2 Å². The van der Waals surface area contributed by atoms with Gasteiger partial charge in [-0.25, -0.2) is 4.98 Å². The summed E-state index contributed by atoms with van der Waals surface area (Å²) >= 11 is 1.46. The van der Waals surface area contributed by atoms with Crippen molar-refractivity contribution in [2.45, 2.75) is 44.2 Å². The van der Waals surface area contributed by atoms with Gasteiger partial charge in [0, 0.05) is 28.9 Å². The van der Waals surface area contributed by atoms with Gasteiger partial charge >= 0.3 is 0 Å². The van der Waals surface area contributed by atoms with Crippen molar-refractivity contribution in [1.29, 1.82) is 0 Å². The molecule has 0 aliphatic carbocycles. The van der Waals surface area contributed by atoms with Crippen molar-refractivity contribution in [3.63, 3.8) is 0 Å². The zero-order chi connectivity index (χ0) is 20.3. The van der Waals surface area contributed by atoms with E-state index in [4.69, 9.17) is 0 Å². The van der Waals surface area contributed by atoms with Crippen LogP contribution in [0.3, 0.4) is 0 Å². The van der Waals surface area contributed by atoms with Crippen LogP contribution < -0.4 is 10.9 Å². The zero-order valence-corrected chi connectivity index (χ0v) is 17.2. The van der Waals surface area contributed by atoms with Gasteiger partial charge in [-0.05, 0) is 74.7 Å². The third-order valence-corrected chi connectivity index (χ3v) is 5.64. The number of H-pyrrole nitrogens is 1. The molecule has 5 nitrogen and oxygen atoms in total. The highest BCUT2D eigenvalue weighted by Gasteiger charge is 2.15. The summed E-state index contributed by atoms with van der Waals surface area (Å²) in [5.74, 6) is -0.251. The molecule has 0 fully saturated rings. The van der Waals surface area contributed by atoms with E-state index in [-0.39, 0.29) is 18.0 Å². The number of pyridine rings is 2. The fourth-order valence-electron chi connectivity index (χ4n) is 2.90. The molecular weight excluding hydrogens is 370 g/mol. The van der Waals surface area contributed by atoms with Crippen LogP contribution in [0.1, 0.15) is 38.3 Å². The van der Waals surface area contributed by atoms with Crippen molar-refractivity contribution >= 4 is 17.7 Å². The number of aryl methyl sites for hydroxylation is 4. The standard InChI is InChI=1S/C22H23N3O2S/c1-13-7-8-17(11-14(13)2)28-22-18(6-5-9-23-22)20(26)24-12-19-15(3)10-16(4)25-21(19)27/h5-11H,12H2,1-4H3,(H,24,26)(H,25,27). The number of hydrogen-bond donors (Lipinski definition) is 2. The maximum atomic E-state index is 12.8. The molecule has 2 N–H and O–H groups in total. The molecule has 0 spiro atoms. The average molecular weight is 394 g/mol. The lowest BCUT2D eigenvalue weighted by Gasteiger charge is -2.11. The highest BCUT2D eigenvalue weighted by Crippen LogP contribution is 2.30. The summed E-state index contributed by atoms with van der Waals surface area (Å²) in [6.45, 7) is 8.01. The van der Waals surface area contributed by atoms with Gasteiger partial charge in [0.1, 0.15) is 5.03 Å². The molecule has 2 aromatic heterocycles. The number of hydrogen-bond acceptors (Lipinski definition) is 4. The molecule has 0 saturated heterocycles. The lowest BCUT2D eigenvalue weighted by Crippen LogP contribution is -2.28. The van der Waals surface area contributed by atoms with E-state index < -0.39 is 0 Å². The molecule has 2 heterocycles. The third kappa shape index (κ3) is 4.51. The first-order valence-electron chi connectivity index (χ1n) is 9.03. The Morgan fingerprint density at radius 1 is 1.07 bits per heavy atom. The van der Waals surface area contributed by atoms with Gasteiger partial charge in [-0.1, -0.05) is 17.8 Å². The van der Waals surface area contributed by atoms with Crippen LogP contribution in [0.4, 0.5) is 0 Å². The van der Waals surface area contributed by atoms with Crippen LogP contribution in [0.2, 0.25) is 0 Å². The third-order valence-electron chi connectivity index (χ3n) is 4.63. The Balaban J connectivity index is 1.79.